The number of carbonyl (C=O) groups excluding carboxylic acids is 2. The van der Waals surface area contributed by atoms with E-state index < -0.39 is 5.92 Å². The molecule has 1 heterocycles. The first-order valence-electron chi connectivity index (χ1n) is 5.31. The molecule has 0 fully saturated rings. The average Bonchev–Trinajstić information content (AvgIpc) is 2.55. The van der Waals surface area contributed by atoms with Crippen LogP contribution in [0.3, 0.4) is 0 Å². The van der Waals surface area contributed by atoms with Crippen LogP contribution < -0.4 is 5.32 Å². The largest absolute Gasteiger partial charge is 0.466 e. The zero-order valence-corrected chi connectivity index (χ0v) is 9.33. The summed E-state index contributed by atoms with van der Waals surface area (Å²) in [5.74, 6) is -1.39. The smallest absolute Gasteiger partial charge is 0.302 e. The lowest BCUT2D eigenvalue weighted by atomic mass is 9.97. The molecule has 17 heavy (non-hydrogen) atoms. The molecule has 2 rings (SSSR count). The van der Waals surface area contributed by atoms with Crippen molar-refractivity contribution in [2.45, 2.75) is 19.3 Å². The van der Waals surface area contributed by atoms with E-state index in [1.807, 2.05) is 0 Å². The number of hydrogen-bond acceptors (Lipinski definition) is 3. The van der Waals surface area contributed by atoms with Crippen LogP contribution in [-0.2, 0) is 14.3 Å². The molecule has 0 radical (unpaired) electrons. The van der Waals surface area contributed by atoms with Gasteiger partial charge in [-0.1, -0.05) is 0 Å². The van der Waals surface area contributed by atoms with Crippen LogP contribution in [0.1, 0.15) is 24.8 Å². The van der Waals surface area contributed by atoms with Crippen LogP contribution in [0, 0.1) is 5.82 Å². The maximum absolute atomic E-state index is 13.1. The summed E-state index contributed by atoms with van der Waals surface area (Å²) in [6.45, 7) is 1.46. The van der Waals surface area contributed by atoms with Gasteiger partial charge in [-0.05, 0) is 30.2 Å². The molecule has 1 N–H and O–H groups in total. The average molecular weight is 237 g/mol. The van der Waals surface area contributed by atoms with E-state index >= 15 is 0 Å². The Labute approximate surface area is 97.8 Å². The molecule has 0 bridgehead atoms. The van der Waals surface area contributed by atoms with Crippen molar-refractivity contribution in [2.75, 3.05) is 11.9 Å². The molecule has 1 aromatic carbocycles. The van der Waals surface area contributed by atoms with E-state index in [4.69, 9.17) is 4.74 Å². The highest BCUT2D eigenvalue weighted by Crippen LogP contribution is 2.34. The van der Waals surface area contributed by atoms with Gasteiger partial charge < -0.3 is 10.1 Å². The number of anilines is 1. The summed E-state index contributed by atoms with van der Waals surface area (Å²) >= 11 is 0. The number of benzene rings is 1. The van der Waals surface area contributed by atoms with Gasteiger partial charge >= 0.3 is 5.97 Å². The maximum atomic E-state index is 13.1. The standard InChI is InChI=1S/C12H12FNO3/c1-7(15)17-5-4-9-10-6-8(13)2-3-11(10)14-12(9)16/h2-3,6,9H,4-5H2,1H3,(H,14,16). The topological polar surface area (TPSA) is 55.4 Å². The van der Waals surface area contributed by atoms with Crippen molar-refractivity contribution in [3.8, 4) is 0 Å². The Kier molecular flexibility index (Phi) is 3.08. The van der Waals surface area contributed by atoms with Gasteiger partial charge in [-0.15, -0.1) is 0 Å². The molecule has 1 aliphatic rings. The molecule has 1 amide bonds. The Hall–Kier alpha value is -1.91. The molecule has 90 valence electrons. The maximum Gasteiger partial charge on any atom is 0.302 e. The first-order valence-corrected chi connectivity index (χ1v) is 5.31. The minimum Gasteiger partial charge on any atom is -0.466 e. The fourth-order valence-corrected chi connectivity index (χ4v) is 1.90. The summed E-state index contributed by atoms with van der Waals surface area (Å²) in [7, 11) is 0. The molecular formula is C12H12FNO3. The molecule has 1 unspecified atom stereocenters. The minimum absolute atomic E-state index is 0.156. The lowest BCUT2D eigenvalue weighted by molar-refractivity contribution is -0.141. The Morgan fingerprint density at radius 1 is 1.53 bits per heavy atom. The van der Waals surface area contributed by atoms with Crippen LogP contribution >= 0.6 is 0 Å². The molecule has 0 saturated heterocycles. The number of nitrogens with one attached hydrogen (secondary N) is 1. The third kappa shape index (κ3) is 2.43. The number of halogens is 1. The van der Waals surface area contributed by atoms with Crippen molar-refractivity contribution in [2.24, 2.45) is 0 Å². The fourth-order valence-electron chi connectivity index (χ4n) is 1.90. The number of amides is 1. The molecule has 0 spiro atoms. The van der Waals surface area contributed by atoms with Crippen LogP contribution in [0.25, 0.3) is 0 Å². The summed E-state index contributed by atoms with van der Waals surface area (Å²) in [6.07, 6.45) is 0.363. The fraction of sp³-hybridized carbons (Fsp3) is 0.333. The Morgan fingerprint density at radius 3 is 3.00 bits per heavy atom. The molecule has 1 aromatic rings. The molecular weight excluding hydrogens is 225 g/mol. The van der Waals surface area contributed by atoms with Crippen LogP contribution in [0.5, 0.6) is 0 Å². The predicted molar refractivity (Wildman–Crippen MR) is 59.0 cm³/mol. The zero-order chi connectivity index (χ0) is 12.4. The van der Waals surface area contributed by atoms with E-state index in [1.54, 1.807) is 0 Å². The van der Waals surface area contributed by atoms with E-state index in [-0.39, 0.29) is 24.3 Å². The molecule has 5 heteroatoms. The summed E-state index contributed by atoms with van der Waals surface area (Å²) in [5, 5.41) is 2.67. The SMILES string of the molecule is CC(=O)OCCC1C(=O)Nc2ccc(F)cc21. The van der Waals surface area contributed by atoms with Crippen LogP contribution in [0.4, 0.5) is 10.1 Å². The van der Waals surface area contributed by atoms with Gasteiger partial charge in [-0.2, -0.15) is 0 Å². The summed E-state index contributed by atoms with van der Waals surface area (Å²) < 4.78 is 17.9. The molecule has 4 nitrogen and oxygen atoms in total. The van der Waals surface area contributed by atoms with Gasteiger partial charge in [0.2, 0.25) is 5.91 Å². The predicted octanol–water partition coefficient (Wildman–Crippen LogP) is 1.81. The third-order valence-corrected chi connectivity index (χ3v) is 2.68. The van der Waals surface area contributed by atoms with E-state index in [1.165, 1.54) is 25.1 Å². The van der Waals surface area contributed by atoms with E-state index in [9.17, 15) is 14.0 Å². The quantitative estimate of drug-likeness (QED) is 0.816. The first-order chi connectivity index (χ1) is 8.08. The molecule has 0 aliphatic carbocycles. The van der Waals surface area contributed by atoms with Crippen molar-refractivity contribution >= 4 is 17.6 Å². The second-order valence-corrected chi connectivity index (χ2v) is 3.90. The van der Waals surface area contributed by atoms with Gasteiger partial charge in [0.05, 0.1) is 12.5 Å². The van der Waals surface area contributed by atoms with Gasteiger partial charge in [-0.25, -0.2) is 4.39 Å². The second-order valence-electron chi connectivity index (χ2n) is 3.90. The van der Waals surface area contributed by atoms with Crippen molar-refractivity contribution in [3.05, 3.63) is 29.6 Å². The zero-order valence-electron chi connectivity index (χ0n) is 9.33. The van der Waals surface area contributed by atoms with Crippen molar-refractivity contribution in [3.63, 3.8) is 0 Å². The normalized spacial score (nSPS) is 17.5. The van der Waals surface area contributed by atoms with Gasteiger partial charge in [0.1, 0.15) is 5.82 Å². The van der Waals surface area contributed by atoms with Crippen molar-refractivity contribution in [1.29, 1.82) is 0 Å². The number of hydrogen-bond donors (Lipinski definition) is 1. The number of rotatable bonds is 3. The molecule has 0 saturated carbocycles. The summed E-state index contributed by atoms with van der Waals surface area (Å²) in [4.78, 5) is 22.3. The van der Waals surface area contributed by atoms with Crippen LogP contribution in [0.2, 0.25) is 0 Å². The van der Waals surface area contributed by atoms with Gasteiger partial charge in [0.15, 0.2) is 0 Å². The molecule has 1 atom stereocenters. The van der Waals surface area contributed by atoms with Crippen LogP contribution in [-0.4, -0.2) is 18.5 Å². The summed E-state index contributed by atoms with van der Waals surface area (Å²) in [5.41, 5.74) is 1.26. The van der Waals surface area contributed by atoms with Crippen LogP contribution in [0.15, 0.2) is 18.2 Å². The highest BCUT2D eigenvalue weighted by molar-refractivity contribution is 6.02. The Morgan fingerprint density at radius 2 is 2.29 bits per heavy atom. The first kappa shape index (κ1) is 11.6. The van der Waals surface area contributed by atoms with E-state index in [2.05, 4.69) is 5.32 Å². The van der Waals surface area contributed by atoms with Gasteiger partial charge in [-0.3, -0.25) is 9.59 Å². The minimum atomic E-state index is -0.444. The number of fused-ring (bicyclic) bond motifs is 1. The van der Waals surface area contributed by atoms with Crippen molar-refractivity contribution in [1.82, 2.24) is 0 Å². The van der Waals surface area contributed by atoms with Gasteiger partial charge in [0.25, 0.3) is 0 Å². The lowest BCUT2D eigenvalue weighted by Crippen LogP contribution is -2.14. The van der Waals surface area contributed by atoms with Crippen molar-refractivity contribution < 1.29 is 18.7 Å². The Bertz CT molecular complexity index is 473. The highest BCUT2D eigenvalue weighted by atomic mass is 19.1. The second kappa shape index (κ2) is 4.53. The monoisotopic (exact) mass is 237 g/mol. The van der Waals surface area contributed by atoms with E-state index in [0.29, 0.717) is 17.7 Å². The number of ether oxygens (including phenoxy) is 1. The summed E-state index contributed by atoms with van der Waals surface area (Å²) in [6, 6.07) is 4.17. The number of esters is 1. The highest BCUT2D eigenvalue weighted by Gasteiger charge is 2.30. The number of carbonyl (C=O) groups is 2. The lowest BCUT2D eigenvalue weighted by Gasteiger charge is -2.08. The molecule has 1 aliphatic heterocycles. The molecule has 0 aromatic heterocycles. The Balaban J connectivity index is 2.11. The van der Waals surface area contributed by atoms with E-state index in [0.717, 1.165) is 0 Å². The van der Waals surface area contributed by atoms with Gasteiger partial charge in [0, 0.05) is 12.6 Å². The third-order valence-electron chi connectivity index (χ3n) is 2.68.